The van der Waals surface area contributed by atoms with Gasteiger partial charge in [-0.25, -0.2) is 4.79 Å². The van der Waals surface area contributed by atoms with Crippen LogP contribution in [0.3, 0.4) is 0 Å². The number of carbonyl (C=O) groups is 2. The largest absolute Gasteiger partial charge is 0.508 e. The Morgan fingerprint density at radius 2 is 1.93 bits per heavy atom. The number of hydrogen-bond donors (Lipinski definition) is 5. The van der Waals surface area contributed by atoms with Crippen molar-refractivity contribution >= 4 is 17.8 Å². The number of carbonyl (C=O) groups excluding carboxylic acids is 2. The zero-order chi connectivity index (χ0) is 21.0. The van der Waals surface area contributed by atoms with Crippen molar-refractivity contribution in [2.45, 2.75) is 0 Å². The first kappa shape index (κ1) is 20.5. The van der Waals surface area contributed by atoms with Gasteiger partial charge in [-0.05, 0) is 31.3 Å². The second kappa shape index (κ2) is 8.84. The van der Waals surface area contributed by atoms with Gasteiger partial charge in [-0.15, -0.1) is 0 Å². The minimum absolute atomic E-state index is 0.0334. The Labute approximate surface area is 168 Å². The van der Waals surface area contributed by atoms with Crippen LogP contribution < -0.4 is 21.5 Å². The smallest absolute Gasteiger partial charge is 0.317 e. The number of phenolic OH excluding ortho intramolecular Hbond substituents is 1. The number of phenols is 1. The van der Waals surface area contributed by atoms with Crippen molar-refractivity contribution in [3.05, 3.63) is 29.8 Å². The maximum absolute atomic E-state index is 11.7. The molecule has 1 fully saturated rings. The van der Waals surface area contributed by atoms with E-state index in [1.54, 1.807) is 6.07 Å². The van der Waals surface area contributed by atoms with Gasteiger partial charge in [0.1, 0.15) is 23.9 Å². The number of anilines is 1. The molecular weight excluding hydrogens is 376 g/mol. The highest BCUT2D eigenvalue weighted by molar-refractivity contribution is 6.03. The van der Waals surface area contributed by atoms with Crippen LogP contribution in [0.2, 0.25) is 0 Å². The fraction of sp³-hybridized carbons (Fsp3) is 0.368. The number of urea groups is 1. The highest BCUT2D eigenvalue weighted by atomic mass is 16.5. The Morgan fingerprint density at radius 3 is 2.59 bits per heavy atom. The van der Waals surface area contributed by atoms with Gasteiger partial charge in [0.2, 0.25) is 0 Å². The molecule has 1 aromatic heterocycles. The molecule has 0 spiro atoms. The van der Waals surface area contributed by atoms with Crippen LogP contribution in [0.15, 0.2) is 24.3 Å². The van der Waals surface area contributed by atoms with Gasteiger partial charge in [0.05, 0.1) is 11.3 Å². The van der Waals surface area contributed by atoms with E-state index in [9.17, 15) is 14.7 Å². The van der Waals surface area contributed by atoms with E-state index in [1.165, 1.54) is 18.2 Å². The van der Waals surface area contributed by atoms with Gasteiger partial charge >= 0.3 is 6.03 Å². The number of hydrogen-bond acceptors (Lipinski definition) is 6. The monoisotopic (exact) mass is 402 g/mol. The Bertz CT molecular complexity index is 889. The van der Waals surface area contributed by atoms with Crippen LogP contribution in [0.4, 0.5) is 10.6 Å². The molecule has 1 saturated heterocycles. The van der Waals surface area contributed by atoms with Gasteiger partial charge in [0, 0.05) is 38.3 Å². The molecule has 7 N–H and O–H groups in total. The third-order valence-corrected chi connectivity index (χ3v) is 4.85. The minimum atomic E-state index is -0.833. The summed E-state index contributed by atoms with van der Waals surface area (Å²) in [6, 6.07) is 5.34. The fourth-order valence-corrected chi connectivity index (χ4v) is 3.23. The van der Waals surface area contributed by atoms with Gasteiger partial charge in [0.25, 0.3) is 5.91 Å². The van der Waals surface area contributed by atoms with Crippen molar-refractivity contribution in [2.24, 2.45) is 11.5 Å². The number of nitrogens with zero attached hydrogens (tertiary/aromatic N) is 2. The first-order valence-corrected chi connectivity index (χ1v) is 9.30. The molecule has 3 rings (SSSR count). The molecule has 3 amide bonds. The number of aromatic hydroxyl groups is 1. The number of aromatic amines is 1. The Balaban J connectivity index is 1.78. The van der Waals surface area contributed by atoms with Gasteiger partial charge in [0.15, 0.2) is 0 Å². The van der Waals surface area contributed by atoms with E-state index < -0.39 is 11.9 Å². The molecule has 1 aromatic carbocycles. The summed E-state index contributed by atoms with van der Waals surface area (Å²) in [6.07, 6.45) is 0. The first-order chi connectivity index (χ1) is 13.8. The average Bonchev–Trinajstić information content (AvgIpc) is 3.07. The summed E-state index contributed by atoms with van der Waals surface area (Å²) in [5.74, 6) is -0.0773. The van der Waals surface area contributed by atoms with Gasteiger partial charge in [-0.3, -0.25) is 15.0 Å². The zero-order valence-electron chi connectivity index (χ0n) is 16.3. The van der Waals surface area contributed by atoms with Crippen molar-refractivity contribution < 1.29 is 19.4 Å². The topological polar surface area (TPSA) is 150 Å². The molecule has 0 saturated carbocycles. The minimum Gasteiger partial charge on any atom is -0.508 e. The zero-order valence-corrected chi connectivity index (χ0v) is 16.3. The van der Waals surface area contributed by atoms with Crippen LogP contribution in [0, 0.1) is 0 Å². The lowest BCUT2D eigenvalue weighted by Crippen LogP contribution is -2.45. The normalized spacial score (nSPS) is 15.2. The predicted molar refractivity (Wildman–Crippen MR) is 109 cm³/mol. The lowest BCUT2D eigenvalue weighted by Gasteiger charge is -2.32. The fourth-order valence-electron chi connectivity index (χ4n) is 3.23. The number of H-pyrrole nitrogens is 1. The summed E-state index contributed by atoms with van der Waals surface area (Å²) in [6.45, 7) is 5.28. The molecule has 0 radical (unpaired) electrons. The molecule has 0 bridgehead atoms. The van der Waals surface area contributed by atoms with E-state index in [2.05, 4.69) is 27.1 Å². The molecule has 0 unspecified atom stereocenters. The van der Waals surface area contributed by atoms with E-state index in [0.717, 1.165) is 32.7 Å². The van der Waals surface area contributed by atoms with Crippen LogP contribution >= 0.6 is 0 Å². The molecule has 10 nitrogen and oxygen atoms in total. The maximum Gasteiger partial charge on any atom is 0.317 e. The molecule has 1 aliphatic heterocycles. The second-order valence-corrected chi connectivity index (χ2v) is 7.00. The number of piperazine rings is 1. The van der Waals surface area contributed by atoms with Gasteiger partial charge in [-0.2, -0.15) is 0 Å². The molecule has 2 heterocycles. The summed E-state index contributed by atoms with van der Waals surface area (Å²) in [5.41, 5.74) is 11.6. The third-order valence-electron chi connectivity index (χ3n) is 4.85. The van der Waals surface area contributed by atoms with Crippen molar-refractivity contribution in [2.75, 3.05) is 51.7 Å². The molecular formula is C19H26N6O4. The highest BCUT2D eigenvalue weighted by Crippen LogP contribution is 2.35. The average molecular weight is 402 g/mol. The highest BCUT2D eigenvalue weighted by Gasteiger charge is 2.19. The SMILES string of the molecule is CN1CCN(CCOc2ccc(O)cc2-c2cc(C(N)=O)c(NC(N)=O)[nH]2)CC1. The van der Waals surface area contributed by atoms with Crippen molar-refractivity contribution in [3.8, 4) is 22.8 Å². The number of ether oxygens (including phenoxy) is 1. The molecule has 2 aromatic rings. The summed E-state index contributed by atoms with van der Waals surface area (Å²) in [5, 5.41) is 12.3. The summed E-state index contributed by atoms with van der Waals surface area (Å²) < 4.78 is 5.95. The van der Waals surface area contributed by atoms with Crippen LogP contribution in [0.5, 0.6) is 11.5 Å². The molecule has 0 atom stereocenters. The number of nitrogens with two attached hydrogens (primary N) is 2. The Hall–Kier alpha value is -3.24. The molecule has 156 valence electrons. The number of likely N-dealkylation sites (N-methyl/N-ethyl adjacent to an activating group) is 1. The number of rotatable bonds is 7. The molecule has 1 aliphatic rings. The van der Waals surface area contributed by atoms with E-state index >= 15 is 0 Å². The van der Waals surface area contributed by atoms with Crippen LogP contribution in [0.1, 0.15) is 10.4 Å². The quantitative estimate of drug-likeness (QED) is 0.458. The van der Waals surface area contributed by atoms with Gasteiger partial charge in [-0.1, -0.05) is 0 Å². The molecule has 0 aliphatic carbocycles. The van der Waals surface area contributed by atoms with Crippen molar-refractivity contribution in [1.82, 2.24) is 14.8 Å². The Kier molecular flexibility index (Phi) is 6.25. The van der Waals surface area contributed by atoms with Crippen LogP contribution in [0.25, 0.3) is 11.3 Å². The molecule has 29 heavy (non-hydrogen) atoms. The van der Waals surface area contributed by atoms with E-state index in [0.29, 0.717) is 23.6 Å². The number of amides is 3. The summed E-state index contributed by atoms with van der Waals surface area (Å²) in [7, 11) is 2.11. The number of benzene rings is 1. The van der Waals surface area contributed by atoms with E-state index in [-0.39, 0.29) is 17.1 Å². The van der Waals surface area contributed by atoms with Gasteiger partial charge < -0.3 is 31.2 Å². The number of primary amides is 2. The lowest BCUT2D eigenvalue weighted by molar-refractivity contribution is 0.100. The lowest BCUT2D eigenvalue weighted by atomic mass is 10.1. The van der Waals surface area contributed by atoms with Crippen molar-refractivity contribution in [1.29, 1.82) is 0 Å². The molecule has 10 heteroatoms. The Morgan fingerprint density at radius 1 is 1.21 bits per heavy atom. The number of nitrogens with one attached hydrogen (secondary N) is 2. The van der Waals surface area contributed by atoms with Crippen molar-refractivity contribution in [3.63, 3.8) is 0 Å². The summed E-state index contributed by atoms with van der Waals surface area (Å²) >= 11 is 0. The van der Waals surface area contributed by atoms with E-state index in [1.807, 2.05) is 0 Å². The summed E-state index contributed by atoms with van der Waals surface area (Å²) in [4.78, 5) is 30.4. The van der Waals surface area contributed by atoms with E-state index in [4.69, 9.17) is 16.2 Å². The first-order valence-electron chi connectivity index (χ1n) is 9.30. The third kappa shape index (κ3) is 5.18. The number of aromatic nitrogens is 1. The van der Waals surface area contributed by atoms with Crippen LogP contribution in [-0.4, -0.2) is 78.2 Å². The predicted octanol–water partition coefficient (Wildman–Crippen LogP) is 0.603. The van der Waals surface area contributed by atoms with Crippen LogP contribution in [-0.2, 0) is 0 Å². The maximum atomic E-state index is 11.7. The second-order valence-electron chi connectivity index (χ2n) is 7.00. The standard InChI is InChI=1S/C19H26N6O4/c1-24-4-6-25(7-5-24)8-9-29-16-3-2-12(26)10-13(16)15-11-14(17(20)27)18(22-15)23-19(21)28/h2-3,10-11,22,26H,4-9H2,1H3,(H2,20,27)(H3,21,23,28).